The largest absolute Gasteiger partial charge is 0.497 e. The second-order valence-corrected chi connectivity index (χ2v) is 9.12. The number of carbonyl (C=O) groups is 4. The molecule has 0 aromatic heterocycles. The maximum absolute atomic E-state index is 13.0. The monoisotopic (exact) mass is 514 g/mol. The van der Waals surface area contributed by atoms with Gasteiger partial charge < -0.3 is 14.8 Å². The zero-order valence-electron chi connectivity index (χ0n) is 21.9. The first-order valence-corrected chi connectivity index (χ1v) is 12.5. The van der Waals surface area contributed by atoms with Crippen LogP contribution in [-0.4, -0.2) is 48.3 Å². The lowest BCUT2D eigenvalue weighted by Crippen LogP contribution is -2.31. The molecule has 8 nitrogen and oxygen atoms in total. The van der Waals surface area contributed by atoms with Crippen molar-refractivity contribution in [2.45, 2.75) is 39.7 Å². The number of carbonyl (C=O) groups excluding carboxylic acids is 4. The minimum absolute atomic E-state index is 0.0895. The van der Waals surface area contributed by atoms with E-state index in [1.165, 1.54) is 30.0 Å². The predicted octanol–water partition coefficient (Wildman–Crippen LogP) is 4.59. The van der Waals surface area contributed by atoms with Crippen molar-refractivity contribution >= 4 is 29.4 Å². The van der Waals surface area contributed by atoms with E-state index in [0.717, 1.165) is 28.9 Å². The lowest BCUT2D eigenvalue weighted by molar-refractivity contribution is -0.123. The van der Waals surface area contributed by atoms with Crippen LogP contribution in [-0.2, 0) is 22.4 Å². The molecule has 3 aromatic carbocycles. The zero-order valence-corrected chi connectivity index (χ0v) is 21.9. The van der Waals surface area contributed by atoms with Crippen molar-refractivity contribution in [3.8, 4) is 5.75 Å². The van der Waals surface area contributed by atoms with Crippen LogP contribution >= 0.6 is 0 Å². The number of ether oxygens (including phenoxy) is 2. The molecule has 1 N–H and O–H groups in total. The number of rotatable bonds is 9. The molecule has 1 heterocycles. The van der Waals surface area contributed by atoms with Crippen molar-refractivity contribution in [2.75, 3.05) is 19.0 Å². The number of aryl methyl sites for hydroxylation is 2. The lowest BCUT2D eigenvalue weighted by Gasteiger charge is -2.17. The van der Waals surface area contributed by atoms with Crippen LogP contribution < -0.4 is 10.1 Å². The van der Waals surface area contributed by atoms with Crippen molar-refractivity contribution in [2.24, 2.45) is 0 Å². The van der Waals surface area contributed by atoms with Crippen LogP contribution in [0.5, 0.6) is 5.75 Å². The summed E-state index contributed by atoms with van der Waals surface area (Å²) in [6, 6.07) is 17.4. The van der Waals surface area contributed by atoms with Gasteiger partial charge in [-0.15, -0.1) is 0 Å². The Morgan fingerprint density at radius 3 is 2.37 bits per heavy atom. The Labute approximate surface area is 221 Å². The Kier molecular flexibility index (Phi) is 7.90. The molecular formula is C30H30N2O6. The highest BCUT2D eigenvalue weighted by Gasteiger charge is 2.36. The smallest absolute Gasteiger partial charge is 0.338 e. The van der Waals surface area contributed by atoms with E-state index in [1.54, 1.807) is 7.11 Å². The molecular weight excluding hydrogens is 484 g/mol. The summed E-state index contributed by atoms with van der Waals surface area (Å²) in [5.74, 6) is -1.37. The minimum atomic E-state index is -1.07. The fourth-order valence-corrected chi connectivity index (χ4v) is 4.36. The summed E-state index contributed by atoms with van der Waals surface area (Å²) in [5.41, 5.74) is 4.02. The Morgan fingerprint density at radius 1 is 0.974 bits per heavy atom. The van der Waals surface area contributed by atoms with Gasteiger partial charge in [-0.2, -0.15) is 0 Å². The number of nitrogens with zero attached hydrogens (tertiary/aromatic N) is 1. The third-order valence-electron chi connectivity index (χ3n) is 6.63. The number of fused-ring (bicyclic) bond motifs is 1. The number of methoxy groups -OCH3 is 1. The second-order valence-electron chi connectivity index (χ2n) is 9.12. The van der Waals surface area contributed by atoms with Crippen molar-refractivity contribution in [1.29, 1.82) is 0 Å². The molecule has 1 unspecified atom stereocenters. The molecule has 3 aromatic rings. The third kappa shape index (κ3) is 5.44. The Bertz CT molecular complexity index is 1400. The van der Waals surface area contributed by atoms with Gasteiger partial charge in [0.2, 0.25) is 0 Å². The molecule has 0 fully saturated rings. The molecule has 38 heavy (non-hydrogen) atoms. The first-order valence-electron chi connectivity index (χ1n) is 12.5. The number of imide groups is 1. The van der Waals surface area contributed by atoms with Gasteiger partial charge in [0.15, 0.2) is 6.10 Å². The summed E-state index contributed by atoms with van der Waals surface area (Å²) >= 11 is 0. The molecule has 1 atom stereocenters. The molecule has 8 heteroatoms. The molecule has 4 rings (SSSR count). The van der Waals surface area contributed by atoms with Gasteiger partial charge >= 0.3 is 5.97 Å². The van der Waals surface area contributed by atoms with Crippen LogP contribution in [0.4, 0.5) is 5.69 Å². The van der Waals surface area contributed by atoms with Crippen LogP contribution in [0.3, 0.4) is 0 Å². The standard InChI is InChI=1S/C30H30N2O6/c1-5-21-8-6-7-18(2)26(21)31-27(33)19(3)38-30(36)22-11-14-24-25(17-22)29(35)32(28(24)34)16-15-20-9-12-23(37-4)13-10-20/h6-14,17,19H,5,15-16H2,1-4H3,(H,31,33). The van der Waals surface area contributed by atoms with E-state index in [-0.39, 0.29) is 23.2 Å². The van der Waals surface area contributed by atoms with Crippen molar-refractivity contribution in [3.05, 3.63) is 94.0 Å². The molecule has 3 amide bonds. The van der Waals surface area contributed by atoms with E-state index in [2.05, 4.69) is 5.32 Å². The van der Waals surface area contributed by atoms with Crippen LogP contribution in [0.2, 0.25) is 0 Å². The Morgan fingerprint density at radius 2 is 1.68 bits per heavy atom. The van der Waals surface area contributed by atoms with Crippen LogP contribution in [0.15, 0.2) is 60.7 Å². The summed E-state index contributed by atoms with van der Waals surface area (Å²) < 4.78 is 10.5. The predicted molar refractivity (Wildman–Crippen MR) is 143 cm³/mol. The van der Waals surface area contributed by atoms with Gasteiger partial charge in [-0.1, -0.05) is 37.3 Å². The fraction of sp³-hybridized carbons (Fsp3) is 0.267. The summed E-state index contributed by atoms with van der Waals surface area (Å²) in [7, 11) is 1.58. The SMILES string of the molecule is CCc1cccc(C)c1NC(=O)C(C)OC(=O)c1ccc2c(c1)C(=O)N(CCc1ccc(OC)cc1)C2=O. The van der Waals surface area contributed by atoms with E-state index in [1.807, 2.05) is 56.3 Å². The van der Waals surface area contributed by atoms with Gasteiger partial charge in [-0.3, -0.25) is 19.3 Å². The summed E-state index contributed by atoms with van der Waals surface area (Å²) in [6.45, 7) is 5.58. The number of para-hydroxylation sites is 1. The van der Waals surface area contributed by atoms with Gasteiger partial charge in [0.05, 0.1) is 23.8 Å². The summed E-state index contributed by atoms with van der Waals surface area (Å²) in [6.07, 6.45) is 0.153. The number of amides is 3. The number of benzene rings is 3. The fourth-order valence-electron chi connectivity index (χ4n) is 4.36. The molecule has 196 valence electrons. The number of anilines is 1. The molecule has 0 aliphatic carbocycles. The molecule has 0 bridgehead atoms. The highest BCUT2D eigenvalue weighted by atomic mass is 16.5. The molecule has 0 saturated carbocycles. The van der Waals surface area contributed by atoms with E-state index >= 15 is 0 Å². The normalized spacial score (nSPS) is 13.2. The van der Waals surface area contributed by atoms with E-state index in [0.29, 0.717) is 12.1 Å². The zero-order chi connectivity index (χ0) is 27.4. The van der Waals surface area contributed by atoms with Crippen LogP contribution in [0, 0.1) is 6.92 Å². The Hall–Kier alpha value is -4.46. The van der Waals surface area contributed by atoms with Crippen molar-refractivity contribution in [1.82, 2.24) is 4.90 Å². The van der Waals surface area contributed by atoms with Crippen LogP contribution in [0.25, 0.3) is 0 Å². The quantitative estimate of drug-likeness (QED) is 0.331. The molecule has 0 saturated heterocycles. The first kappa shape index (κ1) is 26.6. The molecule has 1 aliphatic heterocycles. The summed E-state index contributed by atoms with van der Waals surface area (Å²) in [5, 5.41) is 2.85. The van der Waals surface area contributed by atoms with Gasteiger partial charge in [0.25, 0.3) is 17.7 Å². The van der Waals surface area contributed by atoms with E-state index in [9.17, 15) is 19.2 Å². The second kappa shape index (κ2) is 11.3. The minimum Gasteiger partial charge on any atom is -0.497 e. The maximum atomic E-state index is 13.0. The van der Waals surface area contributed by atoms with E-state index < -0.39 is 29.8 Å². The van der Waals surface area contributed by atoms with Gasteiger partial charge in [0.1, 0.15) is 5.75 Å². The first-order chi connectivity index (χ1) is 18.2. The lowest BCUT2D eigenvalue weighted by atomic mass is 10.1. The Balaban J connectivity index is 1.41. The topological polar surface area (TPSA) is 102 Å². The number of hydrogen-bond acceptors (Lipinski definition) is 6. The maximum Gasteiger partial charge on any atom is 0.338 e. The molecule has 0 radical (unpaired) electrons. The summed E-state index contributed by atoms with van der Waals surface area (Å²) in [4.78, 5) is 52.6. The third-order valence-corrected chi connectivity index (χ3v) is 6.63. The highest BCUT2D eigenvalue weighted by molar-refractivity contribution is 6.22. The van der Waals surface area contributed by atoms with Gasteiger partial charge in [-0.25, -0.2) is 4.79 Å². The van der Waals surface area contributed by atoms with Crippen molar-refractivity contribution in [3.63, 3.8) is 0 Å². The number of nitrogens with one attached hydrogen (secondary N) is 1. The number of hydrogen-bond donors (Lipinski definition) is 1. The van der Waals surface area contributed by atoms with E-state index in [4.69, 9.17) is 9.47 Å². The van der Waals surface area contributed by atoms with Crippen molar-refractivity contribution < 1.29 is 28.7 Å². The average molecular weight is 515 g/mol. The average Bonchev–Trinajstić information content (AvgIpc) is 3.17. The number of esters is 1. The van der Waals surface area contributed by atoms with Gasteiger partial charge in [-0.05, 0) is 73.7 Å². The highest BCUT2D eigenvalue weighted by Crippen LogP contribution is 2.26. The van der Waals surface area contributed by atoms with Crippen LogP contribution in [0.1, 0.15) is 61.6 Å². The molecule has 0 spiro atoms. The van der Waals surface area contributed by atoms with Gasteiger partial charge in [0, 0.05) is 12.2 Å². The molecule has 1 aliphatic rings.